The Morgan fingerprint density at radius 3 is 2.10 bits per heavy atom. The summed E-state index contributed by atoms with van der Waals surface area (Å²) in [4.78, 5) is 23.2. The van der Waals surface area contributed by atoms with E-state index in [1.54, 1.807) is 0 Å². The van der Waals surface area contributed by atoms with Gasteiger partial charge in [-0.1, -0.05) is 0 Å². The summed E-state index contributed by atoms with van der Waals surface area (Å²) in [5.74, 6) is -1.51. The van der Waals surface area contributed by atoms with E-state index in [2.05, 4.69) is 5.32 Å². The number of carbonyl (C=O) groups is 2. The SMILES string of the molecule is CCOC(=O)C1=CC(OC(C(O)C(F)(F)F)C(O)C(F)(F)F)C(NC(C)=O)CC1. The third-order valence-electron chi connectivity index (χ3n) is 4.02. The monoisotopic (exact) mass is 437 g/mol. The molecule has 0 aromatic heterocycles. The summed E-state index contributed by atoms with van der Waals surface area (Å²) < 4.78 is 86.6. The quantitative estimate of drug-likeness (QED) is 0.411. The maximum absolute atomic E-state index is 12.8. The Balaban J connectivity index is 3.27. The van der Waals surface area contributed by atoms with Gasteiger partial charge in [0.1, 0.15) is 6.10 Å². The highest BCUT2D eigenvalue weighted by Gasteiger charge is 2.55. The molecule has 0 fully saturated rings. The topological polar surface area (TPSA) is 105 Å². The van der Waals surface area contributed by atoms with Crippen LogP contribution in [0, 0.1) is 0 Å². The van der Waals surface area contributed by atoms with Crippen molar-refractivity contribution in [2.45, 2.75) is 69.5 Å². The van der Waals surface area contributed by atoms with E-state index in [0.29, 0.717) is 0 Å². The Labute approximate surface area is 161 Å². The van der Waals surface area contributed by atoms with Crippen molar-refractivity contribution >= 4 is 11.9 Å². The van der Waals surface area contributed by atoms with Gasteiger partial charge >= 0.3 is 18.3 Å². The van der Waals surface area contributed by atoms with Gasteiger partial charge in [-0.3, -0.25) is 4.79 Å². The fraction of sp³-hybridized carbons (Fsp3) is 0.750. The zero-order valence-corrected chi connectivity index (χ0v) is 15.4. The maximum Gasteiger partial charge on any atom is 0.417 e. The molecular weight excluding hydrogens is 416 g/mol. The lowest BCUT2D eigenvalue weighted by Crippen LogP contribution is -2.56. The molecule has 1 aliphatic rings. The first-order valence-electron chi connectivity index (χ1n) is 8.48. The molecule has 29 heavy (non-hydrogen) atoms. The number of aliphatic hydroxyl groups excluding tert-OH is 2. The first-order chi connectivity index (χ1) is 13.2. The van der Waals surface area contributed by atoms with Crippen LogP contribution in [0.2, 0.25) is 0 Å². The van der Waals surface area contributed by atoms with Crippen molar-refractivity contribution in [3.05, 3.63) is 11.6 Å². The van der Waals surface area contributed by atoms with Crippen LogP contribution in [0.25, 0.3) is 0 Å². The number of aliphatic hydroxyl groups is 2. The van der Waals surface area contributed by atoms with Gasteiger partial charge in [-0.2, -0.15) is 26.3 Å². The molecule has 1 aliphatic carbocycles. The number of alkyl halides is 6. The summed E-state index contributed by atoms with van der Waals surface area (Å²) in [6.45, 7) is 2.53. The van der Waals surface area contributed by atoms with E-state index in [9.17, 15) is 46.1 Å². The van der Waals surface area contributed by atoms with E-state index in [-0.39, 0.29) is 25.0 Å². The zero-order valence-electron chi connectivity index (χ0n) is 15.4. The van der Waals surface area contributed by atoms with Crippen molar-refractivity contribution < 1.29 is 55.6 Å². The summed E-state index contributed by atoms with van der Waals surface area (Å²) >= 11 is 0. The number of halogens is 6. The van der Waals surface area contributed by atoms with E-state index in [0.717, 1.165) is 13.0 Å². The van der Waals surface area contributed by atoms with Gasteiger partial charge in [-0.15, -0.1) is 0 Å². The second-order valence-corrected chi connectivity index (χ2v) is 6.30. The number of esters is 1. The Hall–Kier alpha value is -1.86. The molecule has 7 nitrogen and oxygen atoms in total. The van der Waals surface area contributed by atoms with Gasteiger partial charge in [0, 0.05) is 12.5 Å². The number of amides is 1. The molecule has 0 radical (unpaired) electrons. The molecule has 0 aromatic carbocycles. The molecule has 0 aromatic rings. The molecule has 4 atom stereocenters. The highest BCUT2D eigenvalue weighted by Crippen LogP contribution is 2.34. The average molecular weight is 437 g/mol. The highest BCUT2D eigenvalue weighted by atomic mass is 19.4. The summed E-state index contributed by atoms with van der Waals surface area (Å²) in [6.07, 6.45) is -22.4. The Morgan fingerprint density at radius 2 is 1.69 bits per heavy atom. The van der Waals surface area contributed by atoms with E-state index in [1.165, 1.54) is 6.92 Å². The number of ether oxygens (including phenoxy) is 2. The highest BCUT2D eigenvalue weighted by molar-refractivity contribution is 5.88. The molecule has 3 N–H and O–H groups in total. The largest absolute Gasteiger partial charge is 0.463 e. The van der Waals surface area contributed by atoms with Crippen LogP contribution >= 0.6 is 0 Å². The van der Waals surface area contributed by atoms with Crippen molar-refractivity contribution in [1.82, 2.24) is 5.32 Å². The minimum absolute atomic E-state index is 0.0119. The van der Waals surface area contributed by atoms with Gasteiger partial charge in [0.2, 0.25) is 5.91 Å². The molecule has 0 spiro atoms. The van der Waals surface area contributed by atoms with Crippen molar-refractivity contribution in [3.63, 3.8) is 0 Å². The summed E-state index contributed by atoms with van der Waals surface area (Å²) in [7, 11) is 0. The van der Waals surface area contributed by atoms with Crippen molar-refractivity contribution in [2.24, 2.45) is 0 Å². The standard InChI is InChI=1S/C16H21F6NO6/c1-3-28-14(27)8-4-5-9(23-7(2)24)10(6-8)29-11(12(25)15(17,18)19)13(26)16(20,21)22/h6,9-13,25-26H,3-5H2,1-2H3,(H,23,24). The maximum atomic E-state index is 12.8. The van der Waals surface area contributed by atoms with Crippen molar-refractivity contribution in [2.75, 3.05) is 6.61 Å². The minimum atomic E-state index is -5.54. The fourth-order valence-corrected chi connectivity index (χ4v) is 2.69. The second kappa shape index (κ2) is 9.76. The van der Waals surface area contributed by atoms with Crippen LogP contribution in [0.15, 0.2) is 11.6 Å². The van der Waals surface area contributed by atoms with Gasteiger partial charge < -0.3 is 25.0 Å². The van der Waals surface area contributed by atoms with Crippen LogP contribution in [-0.2, 0) is 19.1 Å². The lowest BCUT2D eigenvalue weighted by molar-refractivity contribution is -0.296. The van der Waals surface area contributed by atoms with Crippen LogP contribution in [-0.4, -0.2) is 71.5 Å². The Morgan fingerprint density at radius 1 is 1.17 bits per heavy atom. The molecule has 13 heteroatoms. The number of nitrogens with one attached hydrogen (secondary N) is 1. The number of carbonyl (C=O) groups excluding carboxylic acids is 2. The van der Waals surface area contributed by atoms with Crippen LogP contribution in [0.1, 0.15) is 26.7 Å². The van der Waals surface area contributed by atoms with Crippen molar-refractivity contribution in [3.8, 4) is 0 Å². The lowest BCUT2D eigenvalue weighted by Gasteiger charge is -2.36. The van der Waals surface area contributed by atoms with Crippen LogP contribution < -0.4 is 5.32 Å². The average Bonchev–Trinajstić information content (AvgIpc) is 2.57. The lowest BCUT2D eigenvalue weighted by atomic mass is 9.92. The van der Waals surface area contributed by atoms with E-state index < -0.39 is 54.7 Å². The van der Waals surface area contributed by atoms with Gasteiger partial charge in [0.25, 0.3) is 0 Å². The summed E-state index contributed by atoms with van der Waals surface area (Å²) in [5.41, 5.74) is -0.0831. The van der Waals surface area contributed by atoms with E-state index in [4.69, 9.17) is 9.47 Å². The first kappa shape index (κ1) is 25.2. The molecular formula is C16H21F6NO6. The van der Waals surface area contributed by atoms with Gasteiger partial charge in [0.05, 0.1) is 18.8 Å². The molecule has 0 bridgehead atoms. The van der Waals surface area contributed by atoms with E-state index >= 15 is 0 Å². The van der Waals surface area contributed by atoms with Gasteiger partial charge in [0.15, 0.2) is 12.2 Å². The third kappa shape index (κ3) is 7.16. The molecule has 0 saturated carbocycles. The third-order valence-corrected chi connectivity index (χ3v) is 4.02. The van der Waals surface area contributed by atoms with E-state index in [1.807, 2.05) is 0 Å². The van der Waals surface area contributed by atoms with Crippen LogP contribution in [0.5, 0.6) is 0 Å². The first-order valence-corrected chi connectivity index (χ1v) is 8.48. The zero-order chi connectivity index (χ0) is 22.6. The summed E-state index contributed by atoms with van der Waals surface area (Å²) in [5, 5.41) is 21.0. The molecule has 0 aliphatic heterocycles. The van der Waals surface area contributed by atoms with Crippen molar-refractivity contribution in [1.29, 1.82) is 0 Å². The number of hydrogen-bond acceptors (Lipinski definition) is 6. The predicted molar refractivity (Wildman–Crippen MR) is 84.3 cm³/mol. The van der Waals surface area contributed by atoms with Gasteiger partial charge in [-0.25, -0.2) is 4.79 Å². The molecule has 4 unspecified atom stereocenters. The smallest absolute Gasteiger partial charge is 0.417 e. The fourth-order valence-electron chi connectivity index (χ4n) is 2.69. The minimum Gasteiger partial charge on any atom is -0.463 e. The Kier molecular flexibility index (Phi) is 8.47. The molecule has 0 saturated heterocycles. The Bertz CT molecular complexity index is 600. The number of hydrogen-bond donors (Lipinski definition) is 3. The summed E-state index contributed by atoms with van der Waals surface area (Å²) in [6, 6.07) is -1.10. The molecule has 168 valence electrons. The molecule has 1 amide bonds. The van der Waals surface area contributed by atoms with Crippen LogP contribution in [0.4, 0.5) is 26.3 Å². The number of rotatable bonds is 7. The van der Waals surface area contributed by atoms with Gasteiger partial charge in [-0.05, 0) is 25.8 Å². The normalized spacial score (nSPS) is 23.6. The second-order valence-electron chi connectivity index (χ2n) is 6.30. The predicted octanol–water partition coefficient (Wildman–Crippen LogP) is 1.37. The van der Waals surface area contributed by atoms with Crippen LogP contribution in [0.3, 0.4) is 0 Å². The molecule has 1 rings (SSSR count). The molecule has 0 heterocycles.